The summed E-state index contributed by atoms with van der Waals surface area (Å²) in [6, 6.07) is 5.23. The molecule has 5 rings (SSSR count). The first-order valence-electron chi connectivity index (χ1n) is 12.9. The average Bonchev–Trinajstić information content (AvgIpc) is 3.45. The zero-order valence-corrected chi connectivity index (χ0v) is 22.4. The maximum atomic E-state index is 13.7. The van der Waals surface area contributed by atoms with Crippen LogP contribution in [0.5, 0.6) is 0 Å². The summed E-state index contributed by atoms with van der Waals surface area (Å²) in [5.41, 5.74) is -0.0192. The van der Waals surface area contributed by atoms with Gasteiger partial charge in [-0.25, -0.2) is 13.4 Å². The minimum atomic E-state index is -3.47. The van der Waals surface area contributed by atoms with E-state index in [-0.39, 0.29) is 29.0 Å². The highest BCUT2D eigenvalue weighted by atomic mass is 32.2. The summed E-state index contributed by atoms with van der Waals surface area (Å²) in [5.74, 6) is -0.878. The number of aliphatic imine (C=N–C) groups is 1. The lowest BCUT2D eigenvalue weighted by Gasteiger charge is -2.40. The molecule has 3 heterocycles. The van der Waals surface area contributed by atoms with Crippen LogP contribution in [0.4, 0.5) is 5.69 Å². The van der Waals surface area contributed by atoms with E-state index in [0.29, 0.717) is 37.2 Å². The number of fused-ring (bicyclic) bond motifs is 1. The molecule has 38 heavy (non-hydrogen) atoms. The molecule has 0 aromatic heterocycles. The maximum Gasteiger partial charge on any atom is 0.270 e. The second-order valence-corrected chi connectivity index (χ2v) is 12.4. The fourth-order valence-corrected chi connectivity index (χ4v) is 6.70. The zero-order valence-electron chi connectivity index (χ0n) is 21.6. The molecule has 4 aliphatic rings. The molecule has 12 heteroatoms. The second-order valence-electron chi connectivity index (χ2n) is 10.4. The van der Waals surface area contributed by atoms with Crippen molar-refractivity contribution in [3.63, 3.8) is 0 Å². The maximum absolute atomic E-state index is 13.7. The number of ketones is 1. The molecule has 2 fully saturated rings. The van der Waals surface area contributed by atoms with Crippen LogP contribution in [0.15, 0.2) is 46.6 Å². The van der Waals surface area contributed by atoms with Crippen molar-refractivity contribution in [2.24, 2.45) is 4.99 Å². The topological polar surface area (TPSA) is 137 Å². The van der Waals surface area contributed by atoms with Crippen LogP contribution < -0.4 is 15.5 Å². The van der Waals surface area contributed by atoms with E-state index in [0.717, 1.165) is 25.5 Å². The van der Waals surface area contributed by atoms with Gasteiger partial charge in [0.25, 0.3) is 6.35 Å². The Morgan fingerprint density at radius 3 is 2.61 bits per heavy atom. The smallest absolute Gasteiger partial charge is 0.270 e. The fourth-order valence-electron chi connectivity index (χ4n) is 5.79. The van der Waals surface area contributed by atoms with Gasteiger partial charge in [0.1, 0.15) is 11.8 Å². The zero-order chi connectivity index (χ0) is 27.1. The molecule has 1 saturated heterocycles. The molecule has 2 N–H and O–H groups in total. The monoisotopic (exact) mass is 543 g/mol. The first-order chi connectivity index (χ1) is 18.1. The Morgan fingerprint density at radius 1 is 1.16 bits per heavy atom. The number of anilines is 1. The number of hydrogen-bond donors (Lipinski definition) is 2. The minimum Gasteiger partial charge on any atom is -0.457 e. The molecule has 0 spiro atoms. The number of piperidine rings is 1. The molecule has 1 aliphatic carbocycles. The van der Waals surface area contributed by atoms with Crippen LogP contribution in [-0.4, -0.2) is 79.9 Å². The molecule has 3 aliphatic heterocycles. The number of carbonyl (C=O) groups excluding carboxylic acids is 3. The number of hydrogen-bond acceptors (Lipinski definition) is 9. The number of para-hydroxylation sites is 1. The van der Waals surface area contributed by atoms with Gasteiger partial charge in [-0.3, -0.25) is 14.4 Å². The minimum absolute atomic E-state index is 0.0166. The van der Waals surface area contributed by atoms with Gasteiger partial charge < -0.3 is 25.2 Å². The number of amides is 2. The van der Waals surface area contributed by atoms with E-state index in [9.17, 15) is 22.8 Å². The molecule has 0 radical (unpaired) electrons. The number of rotatable bonds is 6. The predicted molar refractivity (Wildman–Crippen MR) is 140 cm³/mol. The molecular formula is C26H33N5O6S. The van der Waals surface area contributed by atoms with Crippen LogP contribution in [0, 0.1) is 0 Å². The van der Waals surface area contributed by atoms with Crippen molar-refractivity contribution in [2.45, 2.75) is 74.3 Å². The molecule has 204 valence electrons. The summed E-state index contributed by atoms with van der Waals surface area (Å²) in [7, 11) is -3.47. The van der Waals surface area contributed by atoms with Crippen LogP contribution in [0.2, 0.25) is 0 Å². The quantitative estimate of drug-likeness (QED) is 0.544. The summed E-state index contributed by atoms with van der Waals surface area (Å²) >= 11 is 0. The highest BCUT2D eigenvalue weighted by Crippen LogP contribution is 2.32. The number of ether oxygens (including phenoxy) is 1. The van der Waals surface area contributed by atoms with Crippen molar-refractivity contribution in [2.75, 3.05) is 24.2 Å². The predicted octanol–water partition coefficient (Wildman–Crippen LogP) is 1.10. The highest BCUT2D eigenvalue weighted by Gasteiger charge is 2.47. The molecule has 1 saturated carbocycles. The van der Waals surface area contributed by atoms with Gasteiger partial charge in [0.05, 0.1) is 23.2 Å². The third-order valence-electron chi connectivity index (χ3n) is 7.78. The summed E-state index contributed by atoms with van der Waals surface area (Å²) in [6.07, 6.45) is 7.60. The summed E-state index contributed by atoms with van der Waals surface area (Å²) in [4.78, 5) is 48.2. The van der Waals surface area contributed by atoms with Crippen molar-refractivity contribution in [1.29, 1.82) is 0 Å². The van der Waals surface area contributed by atoms with Crippen LogP contribution in [-0.2, 0) is 29.0 Å². The Morgan fingerprint density at radius 2 is 1.89 bits per heavy atom. The van der Waals surface area contributed by atoms with Gasteiger partial charge in [-0.2, -0.15) is 0 Å². The largest absolute Gasteiger partial charge is 0.457 e. The molecule has 11 nitrogen and oxygen atoms in total. The summed E-state index contributed by atoms with van der Waals surface area (Å²) in [6.45, 7) is 2.15. The lowest BCUT2D eigenvalue weighted by Crippen LogP contribution is -2.65. The van der Waals surface area contributed by atoms with E-state index in [1.54, 1.807) is 41.1 Å². The molecule has 0 bridgehead atoms. The van der Waals surface area contributed by atoms with Crippen LogP contribution in [0.25, 0.3) is 0 Å². The lowest BCUT2D eigenvalue weighted by molar-refractivity contribution is -0.138. The van der Waals surface area contributed by atoms with Crippen molar-refractivity contribution in [3.05, 3.63) is 36.7 Å². The molecule has 1 aromatic carbocycles. The van der Waals surface area contributed by atoms with Crippen LogP contribution in [0.1, 0.15) is 45.4 Å². The van der Waals surface area contributed by atoms with E-state index in [1.807, 2.05) is 0 Å². The SMILES string of the molecule is CC1=NC2OC=CN2C1C(=O)NC1(C(=O)NC2CCN(c3ccccc3S(C)(=O)=O)CC2=O)CCCCC1. The average molecular weight is 544 g/mol. The fraction of sp³-hybridized carbons (Fsp3) is 0.538. The number of Topliss-reactive ketones (excluding diaryl/α,β-unsaturated/α-hetero) is 1. The highest BCUT2D eigenvalue weighted by molar-refractivity contribution is 7.90. The third-order valence-corrected chi connectivity index (χ3v) is 8.93. The summed E-state index contributed by atoms with van der Waals surface area (Å²) < 4.78 is 29.9. The van der Waals surface area contributed by atoms with E-state index in [1.165, 1.54) is 12.3 Å². The van der Waals surface area contributed by atoms with Crippen molar-refractivity contribution in [3.8, 4) is 0 Å². The first-order valence-corrected chi connectivity index (χ1v) is 14.8. The number of nitrogens with zero attached hydrogens (tertiary/aromatic N) is 3. The van der Waals surface area contributed by atoms with Crippen molar-refractivity contribution >= 4 is 38.8 Å². The molecule has 3 unspecified atom stereocenters. The molecule has 1 aromatic rings. The van der Waals surface area contributed by atoms with Crippen LogP contribution in [0.3, 0.4) is 0 Å². The van der Waals surface area contributed by atoms with Gasteiger partial charge in [0.2, 0.25) is 11.8 Å². The van der Waals surface area contributed by atoms with E-state index < -0.39 is 33.8 Å². The van der Waals surface area contributed by atoms with Crippen LogP contribution >= 0.6 is 0 Å². The Labute approximate surface area is 222 Å². The van der Waals surface area contributed by atoms with Gasteiger partial charge in [0, 0.05) is 24.7 Å². The van der Waals surface area contributed by atoms with Gasteiger partial charge in [-0.1, -0.05) is 31.4 Å². The molecule has 3 atom stereocenters. The van der Waals surface area contributed by atoms with E-state index in [2.05, 4.69) is 15.6 Å². The Balaban J connectivity index is 1.28. The van der Waals surface area contributed by atoms with Gasteiger partial charge in [-0.15, -0.1) is 0 Å². The normalized spacial score (nSPS) is 26.4. The third kappa shape index (κ3) is 4.89. The second kappa shape index (κ2) is 10.0. The number of nitrogens with one attached hydrogen (secondary N) is 2. The number of sulfone groups is 1. The Hall–Kier alpha value is -3.41. The Kier molecular flexibility index (Phi) is 6.93. The van der Waals surface area contributed by atoms with Gasteiger partial charge in [0.15, 0.2) is 21.7 Å². The number of benzene rings is 1. The first kappa shape index (κ1) is 26.2. The van der Waals surface area contributed by atoms with E-state index in [4.69, 9.17) is 4.74 Å². The summed E-state index contributed by atoms with van der Waals surface area (Å²) in [5, 5.41) is 5.95. The Bertz CT molecular complexity index is 1300. The van der Waals surface area contributed by atoms with Crippen molar-refractivity contribution in [1.82, 2.24) is 15.5 Å². The van der Waals surface area contributed by atoms with Gasteiger partial charge >= 0.3 is 0 Å². The lowest BCUT2D eigenvalue weighted by atomic mass is 9.80. The molecule has 2 amide bonds. The molecular weight excluding hydrogens is 510 g/mol. The number of carbonyl (C=O) groups is 3. The van der Waals surface area contributed by atoms with Gasteiger partial charge in [-0.05, 0) is 38.3 Å². The van der Waals surface area contributed by atoms with E-state index >= 15 is 0 Å². The van der Waals surface area contributed by atoms with Crippen molar-refractivity contribution < 1.29 is 27.5 Å². The standard InChI is InChI=1S/C26H33N5O6S/c1-17-22(31-14-15-37-25(31)27-17)23(33)29-26(11-6-3-7-12-26)24(34)28-18-10-13-30(16-20(18)32)19-8-4-5-9-21(19)38(2,35)36/h4-5,8-9,14-15,18,22,25H,3,6-7,10-13,16H2,1-2H3,(H,28,34)(H,29,33).